The Morgan fingerprint density at radius 3 is 1.79 bits per heavy atom. The van der Waals surface area contributed by atoms with Gasteiger partial charge in [-0.15, -0.1) is 0 Å². The zero-order valence-electron chi connectivity index (χ0n) is 30.5. The topological polar surface area (TPSA) is 3.24 Å². The van der Waals surface area contributed by atoms with Gasteiger partial charge in [0.15, 0.2) is 0 Å². The number of benzene rings is 9. The van der Waals surface area contributed by atoms with Gasteiger partial charge in [-0.1, -0.05) is 149 Å². The van der Waals surface area contributed by atoms with Gasteiger partial charge >= 0.3 is 0 Å². The molecule has 1 nitrogen and oxygen atoms in total. The summed E-state index contributed by atoms with van der Waals surface area (Å²) in [6.07, 6.45) is 0. The molecule has 0 amide bonds. The number of anilines is 3. The summed E-state index contributed by atoms with van der Waals surface area (Å²) in [5, 5.41) is 10.4. The lowest BCUT2D eigenvalue weighted by atomic mass is 9.79. The Morgan fingerprint density at radius 2 is 1.00 bits per heavy atom. The van der Waals surface area contributed by atoms with Gasteiger partial charge in [0.05, 0.1) is 5.69 Å². The maximum Gasteiger partial charge on any atom is 0.0543 e. The van der Waals surface area contributed by atoms with Gasteiger partial charge in [0, 0.05) is 27.6 Å². The number of hydrogen-bond donors (Lipinski definition) is 0. The van der Waals surface area contributed by atoms with E-state index in [1.807, 2.05) is 0 Å². The van der Waals surface area contributed by atoms with E-state index in [-0.39, 0.29) is 10.8 Å². The van der Waals surface area contributed by atoms with E-state index >= 15 is 0 Å². The number of rotatable bonds is 3. The van der Waals surface area contributed by atoms with E-state index in [0.717, 1.165) is 11.4 Å². The van der Waals surface area contributed by atoms with Crippen molar-refractivity contribution < 1.29 is 0 Å². The predicted octanol–water partition coefficient (Wildman–Crippen LogP) is 14.4. The molecule has 0 saturated heterocycles. The van der Waals surface area contributed by atoms with Crippen molar-refractivity contribution in [3.05, 3.63) is 186 Å². The molecule has 0 bridgehead atoms. The van der Waals surface area contributed by atoms with Crippen LogP contribution in [0.3, 0.4) is 0 Å². The summed E-state index contributed by atoms with van der Waals surface area (Å²) in [5.41, 5.74) is 14.3. The van der Waals surface area contributed by atoms with Crippen LogP contribution in [0.4, 0.5) is 17.1 Å². The van der Waals surface area contributed by atoms with Crippen molar-refractivity contribution in [2.75, 3.05) is 4.90 Å². The van der Waals surface area contributed by atoms with Crippen LogP contribution in [0.15, 0.2) is 164 Å². The molecule has 0 atom stereocenters. The van der Waals surface area contributed by atoms with Crippen molar-refractivity contribution in [2.24, 2.45) is 0 Å². The maximum atomic E-state index is 2.50. The van der Waals surface area contributed by atoms with Gasteiger partial charge in [-0.3, -0.25) is 0 Å². The second-order valence-electron chi connectivity index (χ2n) is 16.1. The Bertz CT molecular complexity index is 3000. The number of fused-ring (bicyclic) bond motifs is 13. The molecule has 2 aliphatic rings. The molecule has 0 heterocycles. The highest BCUT2D eigenvalue weighted by Crippen LogP contribution is 2.57. The molecule has 0 aliphatic heterocycles. The first-order valence-electron chi connectivity index (χ1n) is 18.9. The van der Waals surface area contributed by atoms with Crippen LogP contribution < -0.4 is 4.90 Å². The molecule has 9 aromatic carbocycles. The van der Waals surface area contributed by atoms with E-state index in [9.17, 15) is 0 Å². The van der Waals surface area contributed by atoms with Gasteiger partial charge in [-0.2, -0.15) is 0 Å². The largest absolute Gasteiger partial charge is 0.310 e. The fourth-order valence-corrected chi connectivity index (χ4v) is 9.98. The van der Waals surface area contributed by atoms with Crippen LogP contribution in [0.5, 0.6) is 0 Å². The highest BCUT2D eigenvalue weighted by molar-refractivity contribution is 6.15. The summed E-state index contributed by atoms with van der Waals surface area (Å²) < 4.78 is 0. The molecule has 1 heteroatoms. The van der Waals surface area contributed by atoms with Crippen LogP contribution in [0.25, 0.3) is 65.3 Å². The maximum absolute atomic E-state index is 2.50. The Kier molecular flexibility index (Phi) is 6.14. The lowest BCUT2D eigenvalue weighted by Gasteiger charge is -2.30. The summed E-state index contributed by atoms with van der Waals surface area (Å²) >= 11 is 0. The van der Waals surface area contributed by atoms with Crippen LogP contribution in [0, 0.1) is 0 Å². The Labute approximate surface area is 310 Å². The minimum atomic E-state index is -0.162. The Balaban J connectivity index is 1.15. The van der Waals surface area contributed by atoms with Crippen LogP contribution in [0.2, 0.25) is 0 Å². The van der Waals surface area contributed by atoms with E-state index < -0.39 is 0 Å². The zero-order chi connectivity index (χ0) is 35.6. The molecule has 0 N–H and O–H groups in total. The fraction of sp³-hybridized carbons (Fsp3) is 0.115. The minimum Gasteiger partial charge on any atom is -0.310 e. The second kappa shape index (κ2) is 10.7. The van der Waals surface area contributed by atoms with Crippen LogP contribution in [-0.2, 0) is 10.8 Å². The smallest absolute Gasteiger partial charge is 0.0543 e. The number of nitrogens with zero attached hydrogens (tertiary/aromatic N) is 1. The highest BCUT2D eigenvalue weighted by Gasteiger charge is 2.40. The quantitative estimate of drug-likeness (QED) is 0.180. The van der Waals surface area contributed by atoms with Gasteiger partial charge < -0.3 is 4.90 Å². The summed E-state index contributed by atoms with van der Waals surface area (Å²) in [7, 11) is 0. The first-order valence-corrected chi connectivity index (χ1v) is 18.9. The average molecular weight is 678 g/mol. The van der Waals surface area contributed by atoms with Gasteiger partial charge in [0.2, 0.25) is 0 Å². The Morgan fingerprint density at radius 1 is 0.358 bits per heavy atom. The van der Waals surface area contributed by atoms with Gasteiger partial charge in [0.25, 0.3) is 0 Å². The first kappa shape index (κ1) is 30.4. The molecule has 53 heavy (non-hydrogen) atoms. The summed E-state index contributed by atoms with van der Waals surface area (Å²) in [4.78, 5) is 2.49. The summed E-state index contributed by atoms with van der Waals surface area (Å²) in [5.74, 6) is 0. The van der Waals surface area contributed by atoms with Gasteiger partial charge in [-0.25, -0.2) is 0 Å². The zero-order valence-corrected chi connectivity index (χ0v) is 30.5. The van der Waals surface area contributed by atoms with E-state index in [0.29, 0.717) is 0 Å². The van der Waals surface area contributed by atoms with Crippen molar-refractivity contribution >= 4 is 60.2 Å². The predicted molar refractivity (Wildman–Crippen MR) is 226 cm³/mol. The molecule has 0 spiro atoms. The third-order valence-corrected chi connectivity index (χ3v) is 12.5. The molecular formula is C52H39N. The van der Waals surface area contributed by atoms with Crippen molar-refractivity contribution in [3.63, 3.8) is 0 Å². The SMILES string of the molecule is CC1(C)c2ccc3ccccc3c2-c2c1cc(N(c1ccccc1)c1ccc3c4c(ccc3c1)-c1cc3ccccc3cc1C4(C)C)c1ccccc21. The molecule has 9 aromatic rings. The third-order valence-electron chi connectivity index (χ3n) is 12.5. The lowest BCUT2D eigenvalue weighted by molar-refractivity contribution is 0.661. The molecule has 0 unspecified atom stereocenters. The van der Waals surface area contributed by atoms with Crippen molar-refractivity contribution in [2.45, 2.75) is 38.5 Å². The average Bonchev–Trinajstić information content (AvgIpc) is 3.56. The van der Waals surface area contributed by atoms with E-state index in [1.54, 1.807) is 0 Å². The molecule has 0 radical (unpaired) electrons. The van der Waals surface area contributed by atoms with Crippen LogP contribution >= 0.6 is 0 Å². The van der Waals surface area contributed by atoms with Crippen LogP contribution in [-0.4, -0.2) is 0 Å². The first-order chi connectivity index (χ1) is 25.8. The fourth-order valence-electron chi connectivity index (χ4n) is 9.98. The summed E-state index contributed by atoms with van der Waals surface area (Å²) in [6.45, 7) is 9.60. The second-order valence-corrected chi connectivity index (χ2v) is 16.1. The van der Waals surface area contributed by atoms with E-state index in [2.05, 4.69) is 196 Å². The number of para-hydroxylation sites is 1. The van der Waals surface area contributed by atoms with Gasteiger partial charge in [-0.05, 0) is 125 Å². The third kappa shape index (κ3) is 4.14. The lowest BCUT2D eigenvalue weighted by Crippen LogP contribution is -2.17. The van der Waals surface area contributed by atoms with Crippen LogP contribution in [0.1, 0.15) is 49.9 Å². The van der Waals surface area contributed by atoms with E-state index in [1.165, 1.54) is 93.3 Å². The van der Waals surface area contributed by atoms with Crippen molar-refractivity contribution in [1.82, 2.24) is 0 Å². The monoisotopic (exact) mass is 677 g/mol. The normalized spacial score (nSPS) is 14.7. The summed E-state index contributed by atoms with van der Waals surface area (Å²) in [6, 6.07) is 61.4. The molecular weight excluding hydrogens is 639 g/mol. The molecule has 0 fully saturated rings. The molecule has 11 rings (SSSR count). The van der Waals surface area contributed by atoms with Crippen molar-refractivity contribution in [1.29, 1.82) is 0 Å². The molecule has 0 saturated carbocycles. The number of hydrogen-bond acceptors (Lipinski definition) is 1. The molecule has 252 valence electrons. The van der Waals surface area contributed by atoms with Gasteiger partial charge in [0.1, 0.15) is 0 Å². The Hall–Kier alpha value is -6.18. The molecule has 0 aromatic heterocycles. The minimum absolute atomic E-state index is 0.115. The van der Waals surface area contributed by atoms with Crippen molar-refractivity contribution in [3.8, 4) is 22.3 Å². The highest BCUT2D eigenvalue weighted by atomic mass is 15.1. The standard InChI is InChI=1S/C52H39N/c1-51(2)44-27-23-32-14-10-11-19-38(32)48(44)49-41-21-13-12-20-40(41)47(31-46(49)51)53(36-17-6-5-7-18-36)37-24-26-39-35(28-37)22-25-42-43-29-33-15-8-9-16-34(33)30-45(43)52(3,4)50(39)42/h5-31H,1-4H3. The molecule has 2 aliphatic carbocycles. The van der Waals surface area contributed by atoms with E-state index in [4.69, 9.17) is 0 Å².